The molecule has 0 saturated heterocycles. The highest BCUT2D eigenvalue weighted by Gasteiger charge is 2.10. The summed E-state index contributed by atoms with van der Waals surface area (Å²) in [7, 11) is 0. The molecule has 5 nitrogen and oxygen atoms in total. The van der Waals surface area contributed by atoms with Crippen molar-refractivity contribution in [3.8, 4) is 11.1 Å². The van der Waals surface area contributed by atoms with Crippen LogP contribution in [0, 0.1) is 0 Å². The van der Waals surface area contributed by atoms with Gasteiger partial charge in [-0.2, -0.15) is 0 Å². The van der Waals surface area contributed by atoms with Crippen molar-refractivity contribution in [2.45, 2.75) is 13.0 Å². The summed E-state index contributed by atoms with van der Waals surface area (Å²) in [6.07, 6.45) is 2.14. The van der Waals surface area contributed by atoms with Gasteiger partial charge in [-0.15, -0.1) is 4.73 Å². The number of aromatic nitrogens is 2. The van der Waals surface area contributed by atoms with Crippen LogP contribution < -0.4 is 11.3 Å². The number of pyridine rings is 2. The minimum absolute atomic E-state index is 0.273. The predicted molar refractivity (Wildman–Crippen MR) is 106 cm³/mol. The number of hydrogen-bond donors (Lipinski definition) is 2. The van der Waals surface area contributed by atoms with Crippen LogP contribution in [-0.4, -0.2) is 14.9 Å². The second-order valence-electron chi connectivity index (χ2n) is 6.47. The van der Waals surface area contributed by atoms with Crippen molar-refractivity contribution in [2.24, 2.45) is 5.73 Å². The average molecular weight is 357 g/mol. The molecule has 3 N–H and O–H groups in total. The van der Waals surface area contributed by atoms with Crippen molar-refractivity contribution in [1.29, 1.82) is 0 Å². The largest absolute Gasteiger partial charge is 0.423 e. The topological polar surface area (TPSA) is 81.1 Å². The summed E-state index contributed by atoms with van der Waals surface area (Å²) < 4.78 is 0.590. The van der Waals surface area contributed by atoms with Crippen LogP contribution in [0.25, 0.3) is 22.2 Å². The maximum Gasteiger partial charge on any atom is 0.285 e. The Bertz CT molecular complexity index is 1160. The zero-order chi connectivity index (χ0) is 18.8. The molecule has 134 valence electrons. The number of rotatable bonds is 4. The number of hydrogen-bond acceptors (Lipinski definition) is 4. The Morgan fingerprint density at radius 3 is 2.52 bits per heavy atom. The van der Waals surface area contributed by atoms with Crippen LogP contribution in [0.15, 0.2) is 77.7 Å². The molecule has 5 heteroatoms. The lowest BCUT2D eigenvalue weighted by molar-refractivity contribution is 0.186. The summed E-state index contributed by atoms with van der Waals surface area (Å²) in [4.78, 5) is 16.1. The Morgan fingerprint density at radius 2 is 1.74 bits per heavy atom. The monoisotopic (exact) mass is 357 g/mol. The predicted octanol–water partition coefficient (Wildman–Crippen LogP) is 3.35. The van der Waals surface area contributed by atoms with Gasteiger partial charge in [0.25, 0.3) is 5.56 Å². The summed E-state index contributed by atoms with van der Waals surface area (Å²) in [5.74, 6) is 0. The second-order valence-corrected chi connectivity index (χ2v) is 6.47. The van der Waals surface area contributed by atoms with Gasteiger partial charge in [0.1, 0.15) is 0 Å². The lowest BCUT2D eigenvalue weighted by atomic mass is 9.98. The Kier molecular flexibility index (Phi) is 4.44. The van der Waals surface area contributed by atoms with E-state index in [2.05, 4.69) is 41.4 Å². The zero-order valence-electron chi connectivity index (χ0n) is 14.7. The molecule has 0 bridgehead atoms. The molecule has 2 aromatic heterocycles. The molecule has 0 aliphatic rings. The summed E-state index contributed by atoms with van der Waals surface area (Å²) in [6, 6.07) is 21.5. The van der Waals surface area contributed by atoms with Gasteiger partial charge in [0.2, 0.25) is 0 Å². The number of nitrogens with zero attached hydrogens (tertiary/aromatic N) is 2. The van der Waals surface area contributed by atoms with Gasteiger partial charge in [-0.1, -0.05) is 42.5 Å². The lowest BCUT2D eigenvalue weighted by Crippen LogP contribution is -2.19. The first-order valence-electron chi connectivity index (χ1n) is 8.73. The van der Waals surface area contributed by atoms with E-state index in [1.54, 1.807) is 12.3 Å². The van der Waals surface area contributed by atoms with E-state index in [1.807, 2.05) is 18.2 Å². The van der Waals surface area contributed by atoms with E-state index < -0.39 is 5.56 Å². The second kappa shape index (κ2) is 7.05. The first-order valence-corrected chi connectivity index (χ1v) is 8.73. The van der Waals surface area contributed by atoms with Gasteiger partial charge in [-0.3, -0.25) is 4.79 Å². The van der Waals surface area contributed by atoms with Gasteiger partial charge in [0.05, 0.1) is 0 Å². The smallest absolute Gasteiger partial charge is 0.285 e. The van der Waals surface area contributed by atoms with Crippen LogP contribution in [-0.2, 0) is 13.0 Å². The highest BCUT2D eigenvalue weighted by molar-refractivity contribution is 5.79. The third-order valence-electron chi connectivity index (χ3n) is 4.68. The minimum atomic E-state index is -0.480. The fraction of sp³-hybridized carbons (Fsp3) is 0.0909. The Balaban J connectivity index is 1.67. The molecule has 0 radical (unpaired) electrons. The van der Waals surface area contributed by atoms with Crippen LogP contribution in [0.2, 0.25) is 0 Å². The van der Waals surface area contributed by atoms with Crippen molar-refractivity contribution in [3.05, 3.63) is 100.0 Å². The van der Waals surface area contributed by atoms with Gasteiger partial charge in [0, 0.05) is 24.2 Å². The molecule has 4 rings (SSSR count). The maximum atomic E-state index is 12.0. The molecule has 2 heterocycles. The molecule has 2 aromatic carbocycles. The van der Waals surface area contributed by atoms with Gasteiger partial charge in [0.15, 0.2) is 5.65 Å². The van der Waals surface area contributed by atoms with Gasteiger partial charge < -0.3 is 10.9 Å². The molecule has 0 unspecified atom stereocenters. The van der Waals surface area contributed by atoms with Crippen molar-refractivity contribution < 1.29 is 5.21 Å². The summed E-state index contributed by atoms with van der Waals surface area (Å²) in [5, 5.41) is 10.6. The van der Waals surface area contributed by atoms with E-state index in [4.69, 9.17) is 5.73 Å². The highest BCUT2D eigenvalue weighted by Crippen LogP contribution is 2.23. The first kappa shape index (κ1) is 17.0. The summed E-state index contributed by atoms with van der Waals surface area (Å²) >= 11 is 0. The van der Waals surface area contributed by atoms with Crippen molar-refractivity contribution >= 4 is 11.0 Å². The maximum absolute atomic E-state index is 12.0. The van der Waals surface area contributed by atoms with Crippen molar-refractivity contribution in [1.82, 2.24) is 9.71 Å². The third kappa shape index (κ3) is 3.32. The number of nitrogens with two attached hydrogens (primary N) is 1. The van der Waals surface area contributed by atoms with Gasteiger partial charge in [-0.05, 0) is 52.4 Å². The molecule has 0 amide bonds. The molecular formula is C22H19N3O2. The highest BCUT2D eigenvalue weighted by atomic mass is 16.5. The molecule has 0 spiro atoms. The van der Waals surface area contributed by atoms with Crippen LogP contribution in [0.1, 0.15) is 16.7 Å². The summed E-state index contributed by atoms with van der Waals surface area (Å²) in [5.41, 5.74) is 10.8. The molecule has 0 aliphatic heterocycles. The average Bonchev–Trinajstić information content (AvgIpc) is 2.72. The quantitative estimate of drug-likeness (QED) is 0.549. The van der Waals surface area contributed by atoms with E-state index >= 15 is 0 Å². The van der Waals surface area contributed by atoms with Crippen LogP contribution >= 0.6 is 0 Å². The van der Waals surface area contributed by atoms with Crippen molar-refractivity contribution in [2.75, 3.05) is 0 Å². The van der Waals surface area contributed by atoms with E-state index in [9.17, 15) is 10.0 Å². The number of fused-ring (bicyclic) bond motifs is 1. The molecule has 0 aliphatic carbocycles. The van der Waals surface area contributed by atoms with Crippen molar-refractivity contribution in [3.63, 3.8) is 0 Å². The zero-order valence-corrected chi connectivity index (χ0v) is 14.7. The minimum Gasteiger partial charge on any atom is -0.423 e. The lowest BCUT2D eigenvalue weighted by Gasteiger charge is -2.09. The Morgan fingerprint density at radius 1 is 0.926 bits per heavy atom. The first-order chi connectivity index (χ1) is 13.2. The molecular weight excluding hydrogens is 338 g/mol. The molecule has 0 saturated carbocycles. The Labute approximate surface area is 156 Å². The fourth-order valence-electron chi connectivity index (χ4n) is 3.27. The Hall–Kier alpha value is -3.44. The van der Waals surface area contributed by atoms with Crippen LogP contribution in [0.5, 0.6) is 0 Å². The molecule has 27 heavy (non-hydrogen) atoms. The molecule has 0 fully saturated rings. The third-order valence-corrected chi connectivity index (χ3v) is 4.68. The summed E-state index contributed by atoms with van der Waals surface area (Å²) in [6.45, 7) is 0.517. The van der Waals surface area contributed by atoms with E-state index in [0.717, 1.165) is 33.2 Å². The van der Waals surface area contributed by atoms with Crippen LogP contribution in [0.3, 0.4) is 0 Å². The standard InChI is InChI=1S/C22H19N3O2/c23-14-16-3-1-4-18(12-16)17-8-6-15(7-9-17)11-19-13-21(26)25(27)22-20(19)5-2-10-24-22/h1-10,12-13,27H,11,14,23H2. The SMILES string of the molecule is NCc1cccc(-c2ccc(Cc3cc(=O)n(O)c4ncccc34)cc2)c1. The normalized spacial score (nSPS) is 11.0. The number of benzene rings is 2. The van der Waals surface area contributed by atoms with Crippen LogP contribution in [0.4, 0.5) is 0 Å². The molecule has 0 atom stereocenters. The van der Waals surface area contributed by atoms with Gasteiger partial charge >= 0.3 is 0 Å². The van der Waals surface area contributed by atoms with Gasteiger partial charge in [-0.25, -0.2) is 4.98 Å². The van der Waals surface area contributed by atoms with E-state index in [-0.39, 0.29) is 5.65 Å². The molecule has 4 aromatic rings. The fourth-order valence-corrected chi connectivity index (χ4v) is 3.27. The van der Waals surface area contributed by atoms with E-state index in [0.29, 0.717) is 17.7 Å². The van der Waals surface area contributed by atoms with E-state index in [1.165, 1.54) is 6.07 Å².